The number of aromatic nitrogens is 1. The van der Waals surface area contributed by atoms with Gasteiger partial charge in [-0.05, 0) is 60.4 Å². The smallest absolute Gasteiger partial charge is 0.307 e. The predicted molar refractivity (Wildman–Crippen MR) is 158 cm³/mol. The van der Waals surface area contributed by atoms with Crippen molar-refractivity contribution < 1.29 is 19.1 Å². The molecule has 0 radical (unpaired) electrons. The molecule has 5 rings (SSSR count). The van der Waals surface area contributed by atoms with E-state index in [-0.39, 0.29) is 13.0 Å². The Morgan fingerprint density at radius 2 is 1.90 bits per heavy atom. The summed E-state index contributed by atoms with van der Waals surface area (Å²) in [5, 5.41) is 9.21. The molecule has 5 nitrogen and oxygen atoms in total. The molecule has 1 heterocycles. The number of carboxylic acid groups (broad SMARTS) is 1. The van der Waals surface area contributed by atoms with Crippen molar-refractivity contribution in [1.29, 1.82) is 0 Å². The van der Waals surface area contributed by atoms with Crippen molar-refractivity contribution in [1.82, 2.24) is 4.98 Å². The largest absolute Gasteiger partial charge is 0.489 e. The topological polar surface area (TPSA) is 72.6 Å². The third kappa shape index (κ3) is 7.29. The molecule has 0 bridgehead atoms. The number of para-hydroxylation sites is 1. The maximum Gasteiger partial charge on any atom is 0.307 e. The summed E-state index contributed by atoms with van der Waals surface area (Å²) in [6, 6.07) is 11.3. The molecule has 0 saturated heterocycles. The van der Waals surface area contributed by atoms with Gasteiger partial charge in [0.2, 0.25) is 0 Å². The summed E-state index contributed by atoms with van der Waals surface area (Å²) in [4.78, 5) is 16.1. The van der Waals surface area contributed by atoms with Gasteiger partial charge in [0.05, 0.1) is 6.42 Å². The van der Waals surface area contributed by atoms with E-state index in [4.69, 9.17) is 14.1 Å². The van der Waals surface area contributed by atoms with Gasteiger partial charge >= 0.3 is 5.97 Å². The fourth-order valence-corrected chi connectivity index (χ4v) is 5.11. The highest BCUT2D eigenvalue weighted by Gasteiger charge is 2.36. The fraction of sp³-hybridized carbons (Fsp3) is 0.412. The number of aliphatic carboxylic acids is 1. The Labute approximate surface area is 232 Å². The van der Waals surface area contributed by atoms with E-state index in [1.54, 1.807) is 24.3 Å². The van der Waals surface area contributed by atoms with Crippen LogP contribution in [0.25, 0.3) is 16.7 Å². The summed E-state index contributed by atoms with van der Waals surface area (Å²) in [6.45, 7) is 12.6. The quantitative estimate of drug-likeness (QED) is 0.252. The molecule has 1 aromatic heterocycles. The van der Waals surface area contributed by atoms with Crippen LogP contribution in [0.3, 0.4) is 0 Å². The zero-order valence-corrected chi connectivity index (χ0v) is 23.3. The summed E-state index contributed by atoms with van der Waals surface area (Å²) in [7, 11) is 0. The predicted octanol–water partition coefficient (Wildman–Crippen LogP) is 8.89. The van der Waals surface area contributed by atoms with Gasteiger partial charge in [-0.3, -0.25) is 4.79 Å². The first-order chi connectivity index (χ1) is 18.9. The Hall–Kier alpha value is -3.60. The van der Waals surface area contributed by atoms with E-state index in [2.05, 4.69) is 27.0 Å². The lowest BCUT2D eigenvalue weighted by Gasteiger charge is -2.35. The van der Waals surface area contributed by atoms with Crippen molar-refractivity contribution in [3.63, 3.8) is 0 Å². The van der Waals surface area contributed by atoms with Gasteiger partial charge in [-0.2, -0.15) is 0 Å². The molecule has 5 heteroatoms. The summed E-state index contributed by atoms with van der Waals surface area (Å²) >= 11 is 0. The minimum Gasteiger partial charge on any atom is -0.489 e. The number of fused-ring (bicyclic) bond motifs is 1. The van der Waals surface area contributed by atoms with Crippen LogP contribution in [-0.2, 0) is 17.8 Å². The first-order valence-corrected chi connectivity index (χ1v) is 14.2. The minimum atomic E-state index is -0.892. The molecule has 1 N–H and O–H groups in total. The van der Waals surface area contributed by atoms with Crippen molar-refractivity contribution in [2.45, 2.75) is 77.7 Å². The highest BCUT2D eigenvalue weighted by molar-refractivity contribution is 5.91. The van der Waals surface area contributed by atoms with Crippen LogP contribution in [0.15, 0.2) is 72.2 Å². The van der Waals surface area contributed by atoms with Crippen molar-refractivity contribution in [3.05, 3.63) is 90.4 Å². The second kappa shape index (κ2) is 13.5. The number of nitrogens with zero attached hydrogens (tertiary/aromatic N) is 1. The lowest BCUT2D eigenvalue weighted by molar-refractivity contribution is -0.136. The maximum absolute atomic E-state index is 11.2. The Balaban J connectivity index is 0.000000808. The summed E-state index contributed by atoms with van der Waals surface area (Å²) in [5.41, 5.74) is 4.90. The Morgan fingerprint density at radius 3 is 2.49 bits per heavy atom. The number of oxazole rings is 1. The first-order valence-electron chi connectivity index (χ1n) is 14.2. The Morgan fingerprint density at radius 1 is 1.15 bits per heavy atom. The van der Waals surface area contributed by atoms with E-state index < -0.39 is 5.97 Å². The number of benzene rings is 2. The molecular formula is C34H41NO4. The molecule has 0 spiro atoms. The number of allylic oxidation sites excluding steroid dienone is 4. The molecule has 2 atom stereocenters. The maximum atomic E-state index is 11.2. The monoisotopic (exact) mass is 527 g/mol. The second-order valence-electron chi connectivity index (χ2n) is 11.1. The Bertz CT molecular complexity index is 1320. The average molecular weight is 528 g/mol. The van der Waals surface area contributed by atoms with E-state index in [9.17, 15) is 9.90 Å². The molecule has 206 valence electrons. The van der Waals surface area contributed by atoms with Gasteiger partial charge in [-0.1, -0.05) is 89.1 Å². The van der Waals surface area contributed by atoms with Gasteiger partial charge in [0.25, 0.3) is 0 Å². The van der Waals surface area contributed by atoms with E-state index in [0.717, 1.165) is 40.1 Å². The lowest BCUT2D eigenvalue weighted by Crippen LogP contribution is -2.25. The number of ether oxygens (including phenoxy) is 1. The SMILES string of the molecule is C1CCC1.C=C/C=C(\C=C)c1cc(COc2ccccc2CC(=O)O)cc2nc(C3CCC3CC(C)C)oc12. The molecule has 0 amide bonds. The molecule has 0 aliphatic heterocycles. The highest BCUT2D eigenvalue weighted by atomic mass is 16.5. The average Bonchev–Trinajstić information content (AvgIpc) is 3.26. The normalized spacial score (nSPS) is 18.5. The molecule has 39 heavy (non-hydrogen) atoms. The van der Waals surface area contributed by atoms with Crippen LogP contribution in [-0.4, -0.2) is 16.1 Å². The molecule has 2 aromatic carbocycles. The van der Waals surface area contributed by atoms with Crippen molar-refractivity contribution in [2.24, 2.45) is 11.8 Å². The van der Waals surface area contributed by atoms with Gasteiger partial charge in [-0.15, -0.1) is 0 Å². The molecular weight excluding hydrogens is 486 g/mol. The standard InChI is InChI=1S/C30H33NO4.C4H8/c1-5-9-21(6-2)25-15-20(18-34-27-11-8-7-10-23(27)17-28(32)33)16-26-29(25)35-30(31-26)24-13-12-22(24)14-19(3)4;1-2-4-3-1/h5-11,15-16,19,22,24H,1-2,12-14,17-18H2,3-4H3,(H,32,33);1-4H2/b21-9+;. The number of carboxylic acids is 1. The minimum absolute atomic E-state index is 0.0886. The van der Waals surface area contributed by atoms with Crippen molar-refractivity contribution in [3.8, 4) is 5.75 Å². The molecule has 3 aromatic rings. The molecule has 2 aliphatic carbocycles. The molecule has 2 aliphatic rings. The van der Waals surface area contributed by atoms with E-state index in [1.165, 1.54) is 38.5 Å². The van der Waals surface area contributed by atoms with Crippen LogP contribution >= 0.6 is 0 Å². The molecule has 2 fully saturated rings. The van der Waals surface area contributed by atoms with Crippen LogP contribution < -0.4 is 4.74 Å². The van der Waals surface area contributed by atoms with Crippen molar-refractivity contribution in [2.75, 3.05) is 0 Å². The van der Waals surface area contributed by atoms with Crippen LogP contribution in [0.5, 0.6) is 5.75 Å². The van der Waals surface area contributed by atoms with Crippen LogP contribution in [0.2, 0.25) is 0 Å². The first kappa shape index (κ1) is 28.4. The fourth-order valence-electron chi connectivity index (χ4n) is 5.11. The van der Waals surface area contributed by atoms with Gasteiger partial charge in [0.1, 0.15) is 17.9 Å². The molecule has 2 unspecified atom stereocenters. The lowest BCUT2D eigenvalue weighted by atomic mass is 9.70. The third-order valence-electron chi connectivity index (χ3n) is 7.61. The highest BCUT2D eigenvalue weighted by Crippen LogP contribution is 2.46. The third-order valence-corrected chi connectivity index (χ3v) is 7.61. The molecule has 2 saturated carbocycles. The van der Waals surface area contributed by atoms with Gasteiger partial charge in [0, 0.05) is 17.0 Å². The van der Waals surface area contributed by atoms with Crippen LogP contribution in [0, 0.1) is 11.8 Å². The van der Waals surface area contributed by atoms with Crippen LogP contribution in [0.4, 0.5) is 0 Å². The summed E-state index contributed by atoms with van der Waals surface area (Å²) < 4.78 is 12.4. The van der Waals surface area contributed by atoms with Gasteiger partial charge in [0.15, 0.2) is 11.5 Å². The van der Waals surface area contributed by atoms with E-state index >= 15 is 0 Å². The number of hydrogen-bond donors (Lipinski definition) is 1. The number of carbonyl (C=O) groups is 1. The summed E-state index contributed by atoms with van der Waals surface area (Å²) in [6.07, 6.45) is 14.8. The van der Waals surface area contributed by atoms with Gasteiger partial charge < -0.3 is 14.3 Å². The second-order valence-corrected chi connectivity index (χ2v) is 11.1. The van der Waals surface area contributed by atoms with Crippen molar-refractivity contribution >= 4 is 22.6 Å². The zero-order chi connectivity index (χ0) is 27.8. The zero-order valence-electron chi connectivity index (χ0n) is 23.3. The van der Waals surface area contributed by atoms with Gasteiger partial charge in [-0.25, -0.2) is 4.98 Å². The van der Waals surface area contributed by atoms with E-state index in [1.807, 2.05) is 30.3 Å². The van der Waals surface area contributed by atoms with Crippen LogP contribution in [0.1, 0.15) is 87.3 Å². The number of hydrogen-bond acceptors (Lipinski definition) is 4. The van der Waals surface area contributed by atoms with E-state index in [0.29, 0.717) is 29.1 Å². The summed E-state index contributed by atoms with van der Waals surface area (Å²) in [5.74, 6) is 2.10. The number of rotatable bonds is 11. The Kier molecular flexibility index (Phi) is 9.80.